The average molecular weight is 262 g/mol. The van der Waals surface area contributed by atoms with E-state index in [1.54, 1.807) is 13.4 Å². The molecule has 0 atom stereocenters. The van der Waals surface area contributed by atoms with Gasteiger partial charge in [-0.25, -0.2) is 4.98 Å². The molecule has 1 heterocycles. The van der Waals surface area contributed by atoms with Gasteiger partial charge >= 0.3 is 0 Å². The Labute approximate surface area is 111 Å². The molecule has 0 fully saturated rings. The van der Waals surface area contributed by atoms with Crippen LogP contribution in [-0.2, 0) is 0 Å². The molecule has 2 aromatic rings. The van der Waals surface area contributed by atoms with Crippen LogP contribution < -0.4 is 9.47 Å². The Balaban J connectivity index is 2.51. The second-order valence-corrected chi connectivity index (χ2v) is 3.96. The molecule has 0 bridgehead atoms. The number of aromatic amines is 1. The molecule has 0 saturated heterocycles. The Morgan fingerprint density at radius 1 is 1.39 bits per heavy atom. The maximum Gasteiger partial charge on any atom is 0.179 e. The van der Waals surface area contributed by atoms with Crippen LogP contribution in [0.5, 0.6) is 11.5 Å². The summed E-state index contributed by atoms with van der Waals surface area (Å²) >= 11 is 5.14. The first-order valence-electron chi connectivity index (χ1n) is 5.61. The molecule has 0 spiro atoms. The van der Waals surface area contributed by atoms with E-state index in [-0.39, 0.29) is 0 Å². The molecule has 0 aliphatic carbocycles. The van der Waals surface area contributed by atoms with Crippen molar-refractivity contribution >= 4 is 12.2 Å². The highest BCUT2D eigenvalue weighted by Gasteiger charge is 2.09. The van der Waals surface area contributed by atoms with Gasteiger partial charge in [0.05, 0.1) is 25.7 Å². The molecule has 0 aliphatic rings. The predicted octanol–water partition coefficient (Wildman–Crippen LogP) is 3.21. The molecule has 1 aromatic heterocycles. The van der Waals surface area contributed by atoms with Gasteiger partial charge in [-0.2, -0.15) is 0 Å². The highest BCUT2D eigenvalue weighted by atomic mass is 32.1. The highest BCUT2D eigenvalue weighted by molar-refractivity contribution is 7.71. The van der Waals surface area contributed by atoms with Gasteiger partial charge in [-0.3, -0.25) is 0 Å². The van der Waals surface area contributed by atoms with Gasteiger partial charge in [-0.1, -0.05) is 24.4 Å². The van der Waals surface area contributed by atoms with Crippen molar-refractivity contribution in [1.29, 1.82) is 0 Å². The van der Waals surface area contributed by atoms with Gasteiger partial charge in [-0.05, 0) is 19.1 Å². The van der Waals surface area contributed by atoms with E-state index in [1.165, 1.54) is 0 Å². The molecule has 94 valence electrons. The molecule has 1 N–H and O–H groups in total. The topological polar surface area (TPSA) is 47.1 Å². The zero-order valence-electron chi connectivity index (χ0n) is 10.3. The smallest absolute Gasteiger partial charge is 0.179 e. The Morgan fingerprint density at radius 3 is 2.94 bits per heavy atom. The van der Waals surface area contributed by atoms with Crippen LogP contribution in [0.3, 0.4) is 0 Å². The van der Waals surface area contributed by atoms with E-state index in [0.29, 0.717) is 17.0 Å². The van der Waals surface area contributed by atoms with Gasteiger partial charge in [0.25, 0.3) is 0 Å². The minimum atomic E-state index is 0.438. The lowest BCUT2D eigenvalue weighted by Crippen LogP contribution is -1.95. The molecular weight excluding hydrogens is 248 g/mol. The van der Waals surface area contributed by atoms with Crippen molar-refractivity contribution in [2.45, 2.75) is 6.92 Å². The summed E-state index contributed by atoms with van der Waals surface area (Å²) in [5.41, 5.74) is 1.75. The molecule has 0 saturated carbocycles. The Hall–Kier alpha value is -1.88. The fourth-order valence-electron chi connectivity index (χ4n) is 1.70. The minimum absolute atomic E-state index is 0.438. The van der Waals surface area contributed by atoms with E-state index >= 15 is 0 Å². The zero-order chi connectivity index (χ0) is 13.0. The van der Waals surface area contributed by atoms with Crippen LogP contribution in [-0.4, -0.2) is 23.7 Å². The number of hydrogen-bond acceptors (Lipinski definition) is 4. The highest BCUT2D eigenvalue weighted by Crippen LogP contribution is 2.29. The summed E-state index contributed by atoms with van der Waals surface area (Å²) < 4.78 is 11.2. The van der Waals surface area contributed by atoms with E-state index in [4.69, 9.17) is 21.7 Å². The maximum atomic E-state index is 5.48. The number of benzene rings is 1. The van der Waals surface area contributed by atoms with E-state index in [2.05, 4.69) is 9.97 Å². The molecule has 0 unspecified atom stereocenters. The predicted molar refractivity (Wildman–Crippen MR) is 72.6 cm³/mol. The number of H-pyrrole nitrogens is 1. The summed E-state index contributed by atoms with van der Waals surface area (Å²) in [6.45, 7) is 2.58. The first-order valence-corrected chi connectivity index (χ1v) is 6.02. The van der Waals surface area contributed by atoms with Gasteiger partial charge < -0.3 is 14.5 Å². The van der Waals surface area contributed by atoms with E-state index in [9.17, 15) is 0 Å². The number of nitrogens with one attached hydrogen (secondary N) is 1. The molecule has 5 heteroatoms. The van der Waals surface area contributed by atoms with Crippen LogP contribution in [0.4, 0.5) is 0 Å². The molecule has 0 aliphatic heterocycles. The average Bonchev–Trinajstić information content (AvgIpc) is 2.39. The Bertz CT molecular complexity index is 596. The molecule has 2 rings (SSSR count). The monoisotopic (exact) mass is 262 g/mol. The first kappa shape index (κ1) is 12.6. The van der Waals surface area contributed by atoms with Crippen LogP contribution in [0.2, 0.25) is 0 Å². The SMILES string of the molecule is CCOc1cccc(-c2[nH]cnc(=S)c2OC)c1. The second kappa shape index (κ2) is 5.64. The molecule has 1 aromatic carbocycles. The number of aromatic nitrogens is 2. The normalized spacial score (nSPS) is 10.1. The van der Waals surface area contributed by atoms with E-state index in [0.717, 1.165) is 17.0 Å². The number of ether oxygens (including phenoxy) is 2. The second-order valence-electron chi connectivity index (χ2n) is 3.58. The molecular formula is C13H14N2O2S. The summed E-state index contributed by atoms with van der Waals surface area (Å²) in [4.78, 5) is 7.05. The summed E-state index contributed by atoms with van der Waals surface area (Å²) in [5, 5.41) is 0. The van der Waals surface area contributed by atoms with Crippen molar-refractivity contribution < 1.29 is 9.47 Å². The van der Waals surface area contributed by atoms with Crippen LogP contribution in [0, 0.1) is 4.64 Å². The fraction of sp³-hybridized carbons (Fsp3) is 0.231. The Morgan fingerprint density at radius 2 is 2.22 bits per heavy atom. The van der Waals surface area contributed by atoms with Crippen molar-refractivity contribution in [3.8, 4) is 22.8 Å². The van der Waals surface area contributed by atoms with Gasteiger partial charge in [0, 0.05) is 5.56 Å². The van der Waals surface area contributed by atoms with Crippen LogP contribution in [0.15, 0.2) is 30.6 Å². The van der Waals surface area contributed by atoms with Crippen molar-refractivity contribution in [3.63, 3.8) is 0 Å². The van der Waals surface area contributed by atoms with Crippen LogP contribution in [0.1, 0.15) is 6.92 Å². The lowest BCUT2D eigenvalue weighted by molar-refractivity contribution is 0.340. The van der Waals surface area contributed by atoms with Gasteiger partial charge in [0.2, 0.25) is 0 Å². The fourth-order valence-corrected chi connectivity index (χ4v) is 1.94. The van der Waals surface area contributed by atoms with Crippen molar-refractivity contribution in [2.75, 3.05) is 13.7 Å². The lowest BCUT2D eigenvalue weighted by atomic mass is 10.1. The molecule has 0 amide bonds. The van der Waals surface area contributed by atoms with Gasteiger partial charge in [0.15, 0.2) is 10.4 Å². The summed E-state index contributed by atoms with van der Waals surface area (Å²) in [5.74, 6) is 1.38. The third-order valence-corrected chi connectivity index (χ3v) is 2.74. The summed E-state index contributed by atoms with van der Waals surface area (Å²) in [6, 6.07) is 7.74. The number of methoxy groups -OCH3 is 1. The number of rotatable bonds is 4. The van der Waals surface area contributed by atoms with Crippen LogP contribution >= 0.6 is 12.2 Å². The van der Waals surface area contributed by atoms with Crippen molar-refractivity contribution in [2.24, 2.45) is 0 Å². The van der Waals surface area contributed by atoms with Crippen LogP contribution in [0.25, 0.3) is 11.3 Å². The minimum Gasteiger partial charge on any atom is -0.494 e. The molecule has 4 nitrogen and oxygen atoms in total. The van der Waals surface area contributed by atoms with Gasteiger partial charge in [0.1, 0.15) is 5.75 Å². The van der Waals surface area contributed by atoms with E-state index < -0.39 is 0 Å². The van der Waals surface area contributed by atoms with E-state index in [1.807, 2.05) is 31.2 Å². The lowest BCUT2D eigenvalue weighted by Gasteiger charge is -2.09. The third-order valence-electron chi connectivity index (χ3n) is 2.45. The largest absolute Gasteiger partial charge is 0.494 e. The third kappa shape index (κ3) is 2.51. The first-order chi connectivity index (χ1) is 8.76. The summed E-state index contributed by atoms with van der Waals surface area (Å²) in [6.07, 6.45) is 1.56. The number of hydrogen-bond donors (Lipinski definition) is 1. The standard InChI is InChI=1S/C13H14N2O2S/c1-3-17-10-6-4-5-9(7-10)11-12(16-2)13(18)15-8-14-11/h4-8H,3H2,1-2H3,(H,14,15,18). The van der Waals surface area contributed by atoms with Crippen molar-refractivity contribution in [3.05, 3.63) is 35.2 Å². The molecule has 18 heavy (non-hydrogen) atoms. The van der Waals surface area contributed by atoms with Gasteiger partial charge in [-0.15, -0.1) is 0 Å². The Kier molecular flexibility index (Phi) is 3.94. The summed E-state index contributed by atoms with van der Waals surface area (Å²) in [7, 11) is 1.58. The van der Waals surface area contributed by atoms with Crippen molar-refractivity contribution in [1.82, 2.24) is 9.97 Å². The zero-order valence-corrected chi connectivity index (χ0v) is 11.1. The maximum absolute atomic E-state index is 5.48. The molecule has 0 radical (unpaired) electrons. The quantitative estimate of drug-likeness (QED) is 0.859. The number of nitrogens with zero attached hydrogens (tertiary/aromatic N) is 1.